The SMILES string of the molecule is CC1(C)OC(=O)C(=Cc2ccc(-c3ccc(C#N)cc3)cc2)C(=O)O1. The molecular formula is C20H15NO4. The summed E-state index contributed by atoms with van der Waals surface area (Å²) in [5.74, 6) is -2.64. The lowest BCUT2D eigenvalue weighted by Gasteiger charge is -2.29. The minimum atomic E-state index is -1.25. The zero-order valence-corrected chi connectivity index (χ0v) is 13.8. The van der Waals surface area contributed by atoms with Crippen molar-refractivity contribution in [1.29, 1.82) is 5.26 Å². The van der Waals surface area contributed by atoms with Gasteiger partial charge in [-0.25, -0.2) is 9.59 Å². The first-order chi connectivity index (χ1) is 11.9. The number of rotatable bonds is 2. The van der Waals surface area contributed by atoms with E-state index in [9.17, 15) is 9.59 Å². The predicted octanol–water partition coefficient (Wildman–Crippen LogP) is 3.44. The van der Waals surface area contributed by atoms with Crippen LogP contribution < -0.4 is 0 Å². The molecule has 0 aliphatic carbocycles. The fourth-order valence-electron chi connectivity index (χ4n) is 2.45. The second kappa shape index (κ2) is 6.25. The van der Waals surface area contributed by atoms with Crippen molar-refractivity contribution >= 4 is 18.0 Å². The number of nitrogens with zero attached hydrogens (tertiary/aromatic N) is 1. The van der Waals surface area contributed by atoms with E-state index in [0.29, 0.717) is 11.1 Å². The molecule has 1 saturated heterocycles. The summed E-state index contributed by atoms with van der Waals surface area (Å²) in [4.78, 5) is 23.9. The number of carbonyl (C=O) groups is 2. The minimum absolute atomic E-state index is 0.134. The Bertz CT molecular complexity index is 878. The van der Waals surface area contributed by atoms with E-state index in [4.69, 9.17) is 14.7 Å². The number of hydrogen-bond acceptors (Lipinski definition) is 5. The lowest BCUT2D eigenvalue weighted by molar-refractivity contribution is -0.222. The van der Waals surface area contributed by atoms with Crippen molar-refractivity contribution in [3.05, 3.63) is 65.2 Å². The van der Waals surface area contributed by atoms with Gasteiger partial charge in [0, 0.05) is 13.8 Å². The van der Waals surface area contributed by atoms with E-state index in [1.807, 2.05) is 24.3 Å². The summed E-state index contributed by atoms with van der Waals surface area (Å²) < 4.78 is 10.1. The van der Waals surface area contributed by atoms with Gasteiger partial charge in [0.1, 0.15) is 5.57 Å². The highest BCUT2D eigenvalue weighted by atomic mass is 16.7. The molecule has 1 aliphatic rings. The topological polar surface area (TPSA) is 76.4 Å². The van der Waals surface area contributed by atoms with E-state index in [-0.39, 0.29) is 5.57 Å². The molecule has 0 spiro atoms. The molecule has 25 heavy (non-hydrogen) atoms. The largest absolute Gasteiger partial charge is 0.419 e. The Balaban J connectivity index is 1.84. The molecule has 0 radical (unpaired) electrons. The van der Waals surface area contributed by atoms with E-state index in [2.05, 4.69) is 6.07 Å². The average Bonchev–Trinajstić information content (AvgIpc) is 2.58. The fraction of sp³-hybridized carbons (Fsp3) is 0.150. The molecule has 2 aromatic rings. The van der Waals surface area contributed by atoms with E-state index in [1.165, 1.54) is 19.9 Å². The summed E-state index contributed by atoms with van der Waals surface area (Å²) in [5, 5.41) is 8.83. The van der Waals surface area contributed by atoms with Crippen LogP contribution >= 0.6 is 0 Å². The standard InChI is InChI=1S/C20H15NO4/c1-20(2)24-18(22)17(19(23)25-20)11-13-3-7-15(8-4-13)16-9-5-14(12-21)6-10-16/h3-11H,1-2H3. The van der Waals surface area contributed by atoms with Gasteiger partial charge in [-0.1, -0.05) is 36.4 Å². The van der Waals surface area contributed by atoms with Crippen molar-refractivity contribution in [2.24, 2.45) is 0 Å². The van der Waals surface area contributed by atoms with Crippen molar-refractivity contribution in [3.63, 3.8) is 0 Å². The van der Waals surface area contributed by atoms with E-state index in [1.54, 1.807) is 24.3 Å². The average molecular weight is 333 g/mol. The van der Waals surface area contributed by atoms with Crippen LogP contribution in [0.15, 0.2) is 54.1 Å². The number of esters is 2. The van der Waals surface area contributed by atoms with Gasteiger partial charge >= 0.3 is 11.9 Å². The molecule has 5 nitrogen and oxygen atoms in total. The summed E-state index contributed by atoms with van der Waals surface area (Å²) in [6.07, 6.45) is 1.45. The van der Waals surface area contributed by atoms with Gasteiger partial charge in [-0.2, -0.15) is 5.26 Å². The highest BCUT2D eigenvalue weighted by molar-refractivity contribution is 6.18. The zero-order valence-electron chi connectivity index (χ0n) is 13.8. The normalized spacial score (nSPS) is 15.8. The van der Waals surface area contributed by atoms with Gasteiger partial charge in [-0.05, 0) is 34.9 Å². The molecule has 1 fully saturated rings. The maximum Gasteiger partial charge on any atom is 0.348 e. The van der Waals surface area contributed by atoms with Crippen LogP contribution in [-0.4, -0.2) is 17.7 Å². The molecule has 5 heteroatoms. The molecule has 0 N–H and O–H groups in total. The molecule has 0 aromatic heterocycles. The first-order valence-electron chi connectivity index (χ1n) is 7.67. The first kappa shape index (κ1) is 16.5. The Hall–Kier alpha value is -3.39. The summed E-state index contributed by atoms with van der Waals surface area (Å²) in [6, 6.07) is 16.6. The lowest BCUT2D eigenvalue weighted by Crippen LogP contribution is -2.41. The van der Waals surface area contributed by atoms with Crippen molar-refractivity contribution < 1.29 is 19.1 Å². The third-order valence-corrected chi connectivity index (χ3v) is 3.69. The molecule has 0 bridgehead atoms. The summed E-state index contributed by atoms with van der Waals surface area (Å²) in [7, 11) is 0. The summed E-state index contributed by atoms with van der Waals surface area (Å²) in [6.45, 7) is 3.01. The maximum atomic E-state index is 12.0. The smallest absolute Gasteiger partial charge is 0.348 e. The fourth-order valence-corrected chi connectivity index (χ4v) is 2.45. The Morgan fingerprint density at radius 1 is 0.880 bits per heavy atom. The van der Waals surface area contributed by atoms with E-state index < -0.39 is 17.7 Å². The second-order valence-corrected chi connectivity index (χ2v) is 6.05. The van der Waals surface area contributed by atoms with Crippen molar-refractivity contribution in [3.8, 4) is 17.2 Å². The maximum absolute atomic E-state index is 12.0. The molecule has 0 amide bonds. The molecule has 124 valence electrons. The Morgan fingerprint density at radius 3 is 1.84 bits per heavy atom. The Kier molecular flexibility index (Phi) is 4.12. The highest BCUT2D eigenvalue weighted by Gasteiger charge is 2.38. The highest BCUT2D eigenvalue weighted by Crippen LogP contribution is 2.25. The number of benzene rings is 2. The number of cyclic esters (lactones) is 2. The first-order valence-corrected chi connectivity index (χ1v) is 7.67. The van der Waals surface area contributed by atoms with Gasteiger partial charge in [0.2, 0.25) is 0 Å². The van der Waals surface area contributed by atoms with Crippen molar-refractivity contribution in [2.75, 3.05) is 0 Å². The van der Waals surface area contributed by atoms with Crippen LogP contribution in [0, 0.1) is 11.3 Å². The summed E-state index contributed by atoms with van der Waals surface area (Å²) >= 11 is 0. The third-order valence-electron chi connectivity index (χ3n) is 3.69. The number of nitriles is 1. The third kappa shape index (κ3) is 3.59. The molecule has 3 rings (SSSR count). The van der Waals surface area contributed by atoms with Gasteiger partial charge in [-0.15, -0.1) is 0 Å². The predicted molar refractivity (Wildman–Crippen MR) is 90.8 cm³/mol. The molecule has 1 heterocycles. The van der Waals surface area contributed by atoms with Crippen LogP contribution in [0.25, 0.3) is 17.2 Å². The molecule has 0 unspecified atom stereocenters. The van der Waals surface area contributed by atoms with Crippen LogP contribution in [-0.2, 0) is 19.1 Å². The van der Waals surface area contributed by atoms with E-state index in [0.717, 1.165) is 11.1 Å². The minimum Gasteiger partial charge on any atom is -0.419 e. The van der Waals surface area contributed by atoms with Crippen molar-refractivity contribution in [1.82, 2.24) is 0 Å². The van der Waals surface area contributed by atoms with Crippen LogP contribution in [0.4, 0.5) is 0 Å². The monoisotopic (exact) mass is 333 g/mol. The summed E-state index contributed by atoms with van der Waals surface area (Å²) in [5.41, 5.74) is 3.08. The van der Waals surface area contributed by atoms with Gasteiger partial charge < -0.3 is 9.47 Å². The molecule has 0 saturated carbocycles. The van der Waals surface area contributed by atoms with E-state index >= 15 is 0 Å². The van der Waals surface area contributed by atoms with Crippen LogP contribution in [0.1, 0.15) is 25.0 Å². The van der Waals surface area contributed by atoms with Crippen LogP contribution in [0.5, 0.6) is 0 Å². The molecule has 2 aromatic carbocycles. The molecular weight excluding hydrogens is 318 g/mol. The van der Waals surface area contributed by atoms with Gasteiger partial charge in [0.15, 0.2) is 0 Å². The second-order valence-electron chi connectivity index (χ2n) is 6.05. The number of ether oxygens (including phenoxy) is 2. The van der Waals surface area contributed by atoms with Gasteiger partial charge in [0.25, 0.3) is 5.79 Å². The van der Waals surface area contributed by atoms with Gasteiger partial charge in [0.05, 0.1) is 11.6 Å². The zero-order chi connectivity index (χ0) is 18.0. The van der Waals surface area contributed by atoms with Crippen LogP contribution in [0.2, 0.25) is 0 Å². The Labute approximate surface area is 145 Å². The number of carbonyl (C=O) groups excluding carboxylic acids is 2. The van der Waals surface area contributed by atoms with Gasteiger partial charge in [-0.3, -0.25) is 0 Å². The lowest BCUT2D eigenvalue weighted by atomic mass is 10.0. The molecule has 1 aliphatic heterocycles. The Morgan fingerprint density at radius 2 is 1.36 bits per heavy atom. The van der Waals surface area contributed by atoms with Crippen molar-refractivity contribution in [2.45, 2.75) is 19.6 Å². The quantitative estimate of drug-likeness (QED) is 0.478. The molecule has 0 atom stereocenters. The number of hydrogen-bond donors (Lipinski definition) is 0. The van der Waals surface area contributed by atoms with Crippen LogP contribution in [0.3, 0.4) is 0 Å².